The molecule has 3 saturated carbocycles. The van der Waals surface area contributed by atoms with Gasteiger partial charge >= 0.3 is 0 Å². The summed E-state index contributed by atoms with van der Waals surface area (Å²) >= 11 is 11.9. The van der Waals surface area contributed by atoms with E-state index < -0.39 is 0 Å². The van der Waals surface area contributed by atoms with Crippen molar-refractivity contribution in [2.24, 2.45) is 29.6 Å². The molecule has 0 radical (unpaired) electrons. The summed E-state index contributed by atoms with van der Waals surface area (Å²) in [6.45, 7) is 2.11. The number of thiophene rings is 1. The minimum Gasteiger partial charge on any atom is -0.127 e. The van der Waals surface area contributed by atoms with Crippen molar-refractivity contribution in [1.82, 2.24) is 0 Å². The minimum atomic E-state index is 0.567. The Labute approximate surface area is 120 Å². The Hall–Kier alpha value is 0.470. The number of hydrogen-bond donors (Lipinski definition) is 0. The van der Waals surface area contributed by atoms with Crippen LogP contribution in [0.1, 0.15) is 34.5 Å². The second-order valence-electron chi connectivity index (χ2n) is 6.07. The molecule has 1 aromatic rings. The van der Waals surface area contributed by atoms with Crippen molar-refractivity contribution < 1.29 is 0 Å². The third-order valence-corrected chi connectivity index (χ3v) is 8.33. The van der Waals surface area contributed by atoms with Gasteiger partial charge in [0.1, 0.15) is 0 Å². The predicted molar refractivity (Wildman–Crippen MR) is 77.0 cm³/mol. The van der Waals surface area contributed by atoms with Crippen LogP contribution < -0.4 is 0 Å². The number of alkyl halides is 1. The van der Waals surface area contributed by atoms with E-state index >= 15 is 0 Å². The molecule has 0 N–H and O–H groups in total. The van der Waals surface area contributed by atoms with Gasteiger partial charge in [-0.1, -0.05) is 27.5 Å². The molecule has 1 aromatic heterocycles. The Morgan fingerprint density at radius 3 is 2.53 bits per heavy atom. The molecule has 0 aliphatic heterocycles. The molecule has 0 saturated heterocycles. The van der Waals surface area contributed by atoms with E-state index in [-0.39, 0.29) is 0 Å². The highest BCUT2D eigenvalue weighted by atomic mass is 79.9. The summed E-state index contributed by atoms with van der Waals surface area (Å²) in [4.78, 5) is 2.02. The number of fused-ring (bicyclic) bond motifs is 5. The standard InChI is InChI=1S/C14H16BrClS/c1-6-4-9(17-14(6)16)13(15)12-10-7-2-3-8(5-7)11(10)12/h4,7-8,10-13H,2-3,5H2,1H3. The maximum Gasteiger partial charge on any atom is 0.0960 e. The summed E-state index contributed by atoms with van der Waals surface area (Å²) in [6, 6.07) is 2.28. The summed E-state index contributed by atoms with van der Waals surface area (Å²) in [5.41, 5.74) is 1.24. The van der Waals surface area contributed by atoms with Gasteiger partial charge in [0.15, 0.2) is 0 Å². The third kappa shape index (κ3) is 1.53. The summed E-state index contributed by atoms with van der Waals surface area (Å²) < 4.78 is 0.971. The van der Waals surface area contributed by atoms with Crippen LogP contribution >= 0.6 is 38.9 Å². The van der Waals surface area contributed by atoms with E-state index in [1.165, 1.54) is 29.7 Å². The molecule has 92 valence electrons. The third-order valence-electron chi connectivity index (χ3n) is 5.28. The van der Waals surface area contributed by atoms with Crippen LogP contribution in [-0.4, -0.2) is 0 Å². The predicted octanol–water partition coefficient (Wildman–Crippen LogP) is 5.44. The smallest absolute Gasteiger partial charge is 0.0960 e. The molecule has 4 rings (SSSR count). The Morgan fingerprint density at radius 1 is 1.35 bits per heavy atom. The largest absolute Gasteiger partial charge is 0.127 e. The van der Waals surface area contributed by atoms with Crippen LogP contribution in [0.2, 0.25) is 4.34 Å². The van der Waals surface area contributed by atoms with Crippen molar-refractivity contribution in [2.75, 3.05) is 0 Å². The van der Waals surface area contributed by atoms with E-state index in [0.717, 1.165) is 33.9 Å². The van der Waals surface area contributed by atoms with Gasteiger partial charge in [-0.15, -0.1) is 11.3 Å². The van der Waals surface area contributed by atoms with E-state index in [1.54, 1.807) is 11.3 Å². The summed E-state index contributed by atoms with van der Waals surface area (Å²) in [5, 5.41) is 0. The van der Waals surface area contributed by atoms with E-state index in [0.29, 0.717) is 4.83 Å². The first-order chi connectivity index (χ1) is 8.16. The second kappa shape index (κ2) is 3.74. The zero-order valence-corrected chi connectivity index (χ0v) is 13.0. The van der Waals surface area contributed by atoms with Crippen LogP contribution in [-0.2, 0) is 0 Å². The summed E-state index contributed by atoms with van der Waals surface area (Å²) in [6.07, 6.45) is 4.55. The highest BCUT2D eigenvalue weighted by molar-refractivity contribution is 9.09. The normalized spacial score (nSPS) is 43.8. The lowest BCUT2D eigenvalue weighted by Crippen LogP contribution is -2.02. The Morgan fingerprint density at radius 2 is 2.00 bits per heavy atom. The fourth-order valence-electron chi connectivity index (χ4n) is 4.59. The van der Waals surface area contributed by atoms with Gasteiger partial charge < -0.3 is 0 Å². The second-order valence-corrected chi connectivity index (χ2v) is 8.74. The first-order valence-corrected chi connectivity index (χ1v) is 8.67. The molecular weight excluding hydrogens is 316 g/mol. The van der Waals surface area contributed by atoms with E-state index in [1.807, 2.05) is 0 Å². The highest BCUT2D eigenvalue weighted by Gasteiger charge is 2.66. The first kappa shape index (κ1) is 11.3. The van der Waals surface area contributed by atoms with E-state index in [4.69, 9.17) is 11.6 Å². The van der Waals surface area contributed by atoms with Crippen LogP contribution in [0.25, 0.3) is 0 Å². The Kier molecular flexibility index (Phi) is 2.49. The first-order valence-electron chi connectivity index (χ1n) is 6.56. The van der Waals surface area contributed by atoms with Crippen molar-refractivity contribution in [3.63, 3.8) is 0 Å². The molecule has 0 spiro atoms. The van der Waals surface area contributed by atoms with Crippen molar-refractivity contribution in [2.45, 2.75) is 31.0 Å². The van der Waals surface area contributed by atoms with Crippen molar-refractivity contribution >= 4 is 38.9 Å². The van der Waals surface area contributed by atoms with E-state index in [2.05, 4.69) is 28.9 Å². The monoisotopic (exact) mass is 330 g/mol. The fraction of sp³-hybridized carbons (Fsp3) is 0.714. The molecule has 3 aliphatic carbocycles. The molecule has 0 amide bonds. The van der Waals surface area contributed by atoms with Gasteiger partial charge in [0, 0.05) is 4.88 Å². The van der Waals surface area contributed by atoms with Gasteiger partial charge in [-0.25, -0.2) is 0 Å². The Balaban J connectivity index is 1.57. The lowest BCUT2D eigenvalue weighted by Gasteiger charge is -2.13. The summed E-state index contributed by atoms with van der Waals surface area (Å²) in [7, 11) is 0. The van der Waals surface area contributed by atoms with Gasteiger partial charge in [-0.05, 0) is 67.4 Å². The molecule has 5 atom stereocenters. The molecule has 2 bridgehead atoms. The van der Waals surface area contributed by atoms with Crippen LogP contribution in [0.3, 0.4) is 0 Å². The number of hydrogen-bond acceptors (Lipinski definition) is 1. The summed E-state index contributed by atoms with van der Waals surface area (Å²) in [5.74, 6) is 5.12. The van der Waals surface area contributed by atoms with Crippen molar-refractivity contribution in [1.29, 1.82) is 0 Å². The number of rotatable bonds is 2. The van der Waals surface area contributed by atoms with Gasteiger partial charge in [-0.3, -0.25) is 0 Å². The molecule has 0 nitrogen and oxygen atoms in total. The number of halogens is 2. The average Bonchev–Trinajstić information content (AvgIpc) is 2.60. The highest BCUT2D eigenvalue weighted by Crippen LogP contribution is 2.73. The van der Waals surface area contributed by atoms with Gasteiger partial charge in [0.05, 0.1) is 9.16 Å². The molecule has 3 heteroatoms. The number of aryl methyl sites for hydroxylation is 1. The SMILES string of the molecule is Cc1cc(C(Br)C2C3C4CCC(C4)C32)sc1Cl. The molecule has 5 unspecified atom stereocenters. The fourth-order valence-corrected chi connectivity index (χ4v) is 6.96. The average molecular weight is 332 g/mol. The molecule has 3 fully saturated rings. The maximum absolute atomic E-state index is 6.19. The molecule has 17 heavy (non-hydrogen) atoms. The Bertz CT molecular complexity index is 433. The molecule has 3 aliphatic rings. The van der Waals surface area contributed by atoms with Gasteiger partial charge in [-0.2, -0.15) is 0 Å². The molecule has 0 aromatic carbocycles. The van der Waals surface area contributed by atoms with Crippen molar-refractivity contribution in [3.05, 3.63) is 20.8 Å². The van der Waals surface area contributed by atoms with Crippen LogP contribution in [0.15, 0.2) is 6.07 Å². The van der Waals surface area contributed by atoms with Gasteiger partial charge in [0.25, 0.3) is 0 Å². The van der Waals surface area contributed by atoms with Crippen LogP contribution in [0.5, 0.6) is 0 Å². The lowest BCUT2D eigenvalue weighted by molar-refractivity contribution is 0.456. The maximum atomic E-state index is 6.19. The zero-order chi connectivity index (χ0) is 11.7. The zero-order valence-electron chi connectivity index (χ0n) is 9.83. The van der Waals surface area contributed by atoms with Crippen LogP contribution in [0.4, 0.5) is 0 Å². The van der Waals surface area contributed by atoms with Crippen LogP contribution in [0, 0.1) is 36.5 Å². The van der Waals surface area contributed by atoms with Gasteiger partial charge in [0.2, 0.25) is 0 Å². The lowest BCUT2D eigenvalue weighted by atomic mass is 10.00. The van der Waals surface area contributed by atoms with Crippen molar-refractivity contribution in [3.8, 4) is 0 Å². The van der Waals surface area contributed by atoms with E-state index in [9.17, 15) is 0 Å². The molecule has 1 heterocycles. The molecular formula is C14H16BrClS. The topological polar surface area (TPSA) is 0 Å². The quantitative estimate of drug-likeness (QED) is 0.633. The minimum absolute atomic E-state index is 0.567.